The van der Waals surface area contributed by atoms with E-state index in [1.54, 1.807) is 29.2 Å². The highest BCUT2D eigenvalue weighted by Crippen LogP contribution is 2.30. The van der Waals surface area contributed by atoms with Gasteiger partial charge in [-0.1, -0.05) is 43.4 Å². The molecule has 0 spiro atoms. The number of halogens is 1. The first-order valence-electron chi connectivity index (χ1n) is 9.95. The number of Topliss-reactive ketones (excluding diaryl/α,β-unsaturated/α-hetero) is 1. The number of amides is 1. The van der Waals surface area contributed by atoms with E-state index in [1.807, 2.05) is 12.1 Å². The molecule has 0 unspecified atom stereocenters. The number of carbonyl (C=O) groups excluding carboxylic acids is 2. The van der Waals surface area contributed by atoms with Crippen molar-refractivity contribution in [3.8, 4) is 0 Å². The van der Waals surface area contributed by atoms with E-state index in [0.717, 1.165) is 29.9 Å². The third kappa shape index (κ3) is 5.45. The third-order valence-electron chi connectivity index (χ3n) is 5.08. The summed E-state index contributed by atoms with van der Waals surface area (Å²) in [6, 6.07) is 13.0. The van der Waals surface area contributed by atoms with Crippen LogP contribution in [0.2, 0.25) is 0 Å². The predicted molar refractivity (Wildman–Crippen MR) is 128 cm³/mol. The van der Waals surface area contributed by atoms with Crippen molar-refractivity contribution < 1.29 is 9.59 Å². The van der Waals surface area contributed by atoms with Crippen molar-refractivity contribution in [1.29, 1.82) is 0 Å². The van der Waals surface area contributed by atoms with E-state index in [1.165, 1.54) is 23.8 Å². The Kier molecular flexibility index (Phi) is 8.53. The molecule has 30 heavy (non-hydrogen) atoms. The Balaban J connectivity index is 0.00000320. The summed E-state index contributed by atoms with van der Waals surface area (Å²) < 4.78 is 1.08. The summed E-state index contributed by atoms with van der Waals surface area (Å²) in [5, 5.41) is 0.707. The number of likely N-dealkylation sites (N-methyl/N-ethyl adjacent to an activating group) is 1. The van der Waals surface area contributed by atoms with Crippen molar-refractivity contribution in [2.45, 2.75) is 27.7 Å². The number of carbonyl (C=O) groups is 2. The largest absolute Gasteiger partial charge is 0.302 e. The number of benzene rings is 2. The van der Waals surface area contributed by atoms with E-state index >= 15 is 0 Å². The van der Waals surface area contributed by atoms with Gasteiger partial charge in [-0.2, -0.15) is 0 Å². The van der Waals surface area contributed by atoms with Crippen LogP contribution in [0.3, 0.4) is 0 Å². The monoisotopic (exact) mass is 445 g/mol. The Hall–Kier alpha value is -2.28. The van der Waals surface area contributed by atoms with Gasteiger partial charge in [-0.15, -0.1) is 12.4 Å². The summed E-state index contributed by atoms with van der Waals surface area (Å²) in [7, 11) is 0. The van der Waals surface area contributed by atoms with Crippen LogP contribution in [0.5, 0.6) is 0 Å². The first-order valence-corrected chi connectivity index (χ1v) is 10.8. The molecule has 7 heteroatoms. The zero-order valence-corrected chi connectivity index (χ0v) is 19.5. The van der Waals surface area contributed by atoms with Crippen LogP contribution in [0.4, 0.5) is 5.13 Å². The van der Waals surface area contributed by atoms with Gasteiger partial charge >= 0.3 is 0 Å². The fourth-order valence-electron chi connectivity index (χ4n) is 3.20. The molecule has 0 aliphatic rings. The summed E-state index contributed by atoms with van der Waals surface area (Å²) in [6.45, 7) is 11.0. The average Bonchev–Trinajstić information content (AvgIpc) is 3.13. The number of aromatic nitrogens is 1. The fourth-order valence-corrected chi connectivity index (χ4v) is 4.29. The van der Waals surface area contributed by atoms with E-state index in [0.29, 0.717) is 22.8 Å². The molecule has 0 aliphatic carbocycles. The minimum atomic E-state index is -0.0944. The molecule has 2 aromatic carbocycles. The van der Waals surface area contributed by atoms with Gasteiger partial charge in [-0.25, -0.2) is 4.98 Å². The normalized spacial score (nSPS) is 10.8. The molecule has 3 aromatic rings. The van der Waals surface area contributed by atoms with Crippen LogP contribution in [-0.2, 0) is 0 Å². The first-order chi connectivity index (χ1) is 13.9. The first kappa shape index (κ1) is 24.0. The molecule has 5 nitrogen and oxygen atoms in total. The Labute approximate surface area is 188 Å². The Morgan fingerprint density at radius 3 is 2.20 bits per heavy atom. The van der Waals surface area contributed by atoms with E-state index in [4.69, 9.17) is 4.98 Å². The number of fused-ring (bicyclic) bond motifs is 1. The number of nitrogens with zero attached hydrogens (tertiary/aromatic N) is 3. The molecule has 0 saturated carbocycles. The van der Waals surface area contributed by atoms with Crippen molar-refractivity contribution in [2.24, 2.45) is 0 Å². The third-order valence-corrected chi connectivity index (χ3v) is 6.12. The van der Waals surface area contributed by atoms with Crippen molar-refractivity contribution in [2.75, 3.05) is 31.1 Å². The van der Waals surface area contributed by atoms with Gasteiger partial charge in [-0.05, 0) is 56.8 Å². The molecule has 160 valence electrons. The van der Waals surface area contributed by atoms with Gasteiger partial charge in [0.1, 0.15) is 0 Å². The molecule has 3 rings (SSSR count). The lowest BCUT2D eigenvalue weighted by molar-refractivity contribution is 0.0980. The summed E-state index contributed by atoms with van der Waals surface area (Å²) in [5.41, 5.74) is 3.24. The van der Waals surface area contributed by atoms with Crippen molar-refractivity contribution in [3.05, 3.63) is 59.2 Å². The minimum absolute atomic E-state index is 0. The van der Waals surface area contributed by atoms with E-state index in [2.05, 4.69) is 31.7 Å². The second-order valence-electron chi connectivity index (χ2n) is 7.08. The second-order valence-corrected chi connectivity index (χ2v) is 8.09. The number of rotatable bonds is 8. The van der Waals surface area contributed by atoms with Crippen molar-refractivity contribution in [3.63, 3.8) is 0 Å². The lowest BCUT2D eigenvalue weighted by Gasteiger charge is -2.24. The number of hydrogen-bond acceptors (Lipinski definition) is 5. The standard InChI is InChI=1S/C23H27N3O2S.ClH/c1-5-25(6-2)13-14-26(22(28)19-10-8-18(9-11-19)17(4)27)23-24-20-12-7-16(3)15-21(20)29-23;/h7-12,15H,5-6,13-14H2,1-4H3;1H. The summed E-state index contributed by atoms with van der Waals surface area (Å²) in [4.78, 5) is 33.7. The van der Waals surface area contributed by atoms with E-state index in [9.17, 15) is 9.59 Å². The van der Waals surface area contributed by atoms with Gasteiger partial charge < -0.3 is 4.90 Å². The molecule has 1 heterocycles. The fraction of sp³-hybridized carbons (Fsp3) is 0.348. The van der Waals surface area contributed by atoms with E-state index < -0.39 is 0 Å². The van der Waals surface area contributed by atoms with Crippen LogP contribution in [0.15, 0.2) is 42.5 Å². The Morgan fingerprint density at radius 1 is 0.967 bits per heavy atom. The Bertz CT molecular complexity index is 1010. The van der Waals surface area contributed by atoms with Gasteiger partial charge in [-0.3, -0.25) is 14.5 Å². The van der Waals surface area contributed by atoms with Gasteiger partial charge in [0.15, 0.2) is 10.9 Å². The molecule has 1 aromatic heterocycles. The molecule has 0 fully saturated rings. The quantitative estimate of drug-likeness (QED) is 0.446. The number of ketones is 1. The molecule has 0 radical (unpaired) electrons. The highest BCUT2D eigenvalue weighted by molar-refractivity contribution is 7.22. The summed E-state index contributed by atoms with van der Waals surface area (Å²) in [6.07, 6.45) is 0. The molecule has 0 atom stereocenters. The number of aryl methyl sites for hydroxylation is 1. The molecule has 0 N–H and O–H groups in total. The molecular formula is C23H28ClN3O2S. The van der Waals surface area contributed by atoms with Crippen LogP contribution in [0.25, 0.3) is 10.2 Å². The van der Waals surface area contributed by atoms with Gasteiger partial charge in [0.05, 0.1) is 10.2 Å². The van der Waals surface area contributed by atoms with Crippen LogP contribution < -0.4 is 4.90 Å². The van der Waals surface area contributed by atoms with Crippen molar-refractivity contribution >= 4 is 50.8 Å². The number of thiazole rings is 1. The lowest BCUT2D eigenvalue weighted by atomic mass is 10.1. The summed E-state index contributed by atoms with van der Waals surface area (Å²) >= 11 is 1.54. The topological polar surface area (TPSA) is 53.5 Å². The number of anilines is 1. The summed E-state index contributed by atoms with van der Waals surface area (Å²) in [5.74, 6) is -0.105. The molecule has 0 aliphatic heterocycles. The maximum atomic E-state index is 13.3. The minimum Gasteiger partial charge on any atom is -0.302 e. The predicted octanol–water partition coefficient (Wildman–Crippen LogP) is 5.22. The van der Waals surface area contributed by atoms with Crippen LogP contribution in [-0.4, -0.2) is 47.8 Å². The second kappa shape index (κ2) is 10.7. The van der Waals surface area contributed by atoms with Crippen molar-refractivity contribution in [1.82, 2.24) is 9.88 Å². The highest BCUT2D eigenvalue weighted by atomic mass is 35.5. The zero-order valence-electron chi connectivity index (χ0n) is 17.8. The average molecular weight is 446 g/mol. The van der Waals surface area contributed by atoms with Crippen LogP contribution in [0, 0.1) is 6.92 Å². The maximum absolute atomic E-state index is 13.3. The molecule has 0 bridgehead atoms. The van der Waals surface area contributed by atoms with Gasteiger partial charge in [0.25, 0.3) is 5.91 Å². The highest BCUT2D eigenvalue weighted by Gasteiger charge is 2.22. The molecular weight excluding hydrogens is 418 g/mol. The van der Waals surface area contributed by atoms with Crippen LogP contribution >= 0.6 is 23.7 Å². The smallest absolute Gasteiger partial charge is 0.260 e. The van der Waals surface area contributed by atoms with Gasteiger partial charge in [0, 0.05) is 24.2 Å². The Morgan fingerprint density at radius 2 is 1.60 bits per heavy atom. The SMILES string of the molecule is CCN(CC)CCN(C(=O)c1ccc(C(C)=O)cc1)c1nc2ccc(C)cc2s1.Cl. The number of hydrogen-bond donors (Lipinski definition) is 0. The maximum Gasteiger partial charge on any atom is 0.260 e. The molecule has 1 amide bonds. The van der Waals surface area contributed by atoms with E-state index in [-0.39, 0.29) is 24.1 Å². The van der Waals surface area contributed by atoms with Gasteiger partial charge in [0.2, 0.25) is 0 Å². The lowest BCUT2D eigenvalue weighted by Crippen LogP contribution is -2.38. The molecule has 0 saturated heterocycles. The zero-order chi connectivity index (χ0) is 21.0. The van der Waals surface area contributed by atoms with Crippen LogP contribution in [0.1, 0.15) is 47.1 Å².